The van der Waals surface area contributed by atoms with Crippen LogP contribution in [0.3, 0.4) is 0 Å². The third-order valence-corrected chi connectivity index (χ3v) is 3.97. The Kier molecular flexibility index (Phi) is 4.81. The Hall–Kier alpha value is -0.660. The molecule has 0 atom stereocenters. The maximum atomic E-state index is 13.8. The van der Waals surface area contributed by atoms with E-state index in [0.29, 0.717) is 10.7 Å². The fourth-order valence-corrected chi connectivity index (χ4v) is 2.73. The number of carbonyl (C=O) groups is 1. The van der Waals surface area contributed by atoms with E-state index in [1.54, 1.807) is 24.3 Å². The van der Waals surface area contributed by atoms with Gasteiger partial charge in [-0.25, -0.2) is 4.39 Å². The highest BCUT2D eigenvalue weighted by molar-refractivity contribution is 14.1. The van der Waals surface area contributed by atoms with Gasteiger partial charge in [0.05, 0.1) is 20.7 Å². The molecular formula is C13H7BrClFINO. The second kappa shape index (κ2) is 6.19. The Morgan fingerprint density at radius 3 is 2.74 bits per heavy atom. The number of nitrogens with one attached hydrogen (secondary N) is 1. The zero-order valence-electron chi connectivity index (χ0n) is 9.38. The largest absolute Gasteiger partial charge is 0.321 e. The minimum Gasteiger partial charge on any atom is -0.321 e. The molecule has 2 rings (SSSR count). The van der Waals surface area contributed by atoms with Gasteiger partial charge in [-0.1, -0.05) is 17.7 Å². The van der Waals surface area contributed by atoms with Crippen LogP contribution in [-0.2, 0) is 0 Å². The minimum atomic E-state index is -0.596. The van der Waals surface area contributed by atoms with Crippen molar-refractivity contribution in [3.8, 4) is 0 Å². The Balaban J connectivity index is 2.28. The first kappa shape index (κ1) is 14.7. The van der Waals surface area contributed by atoms with Crippen molar-refractivity contribution in [2.45, 2.75) is 0 Å². The molecule has 0 bridgehead atoms. The van der Waals surface area contributed by atoms with Crippen LogP contribution in [0.2, 0.25) is 5.02 Å². The average molecular weight is 454 g/mol. The Bertz CT molecular complexity index is 651. The van der Waals surface area contributed by atoms with E-state index < -0.39 is 11.7 Å². The van der Waals surface area contributed by atoms with Crippen LogP contribution in [0.15, 0.2) is 40.9 Å². The first-order valence-corrected chi connectivity index (χ1v) is 7.44. The van der Waals surface area contributed by atoms with Crippen LogP contribution < -0.4 is 5.32 Å². The lowest BCUT2D eigenvalue weighted by Crippen LogP contribution is -2.14. The van der Waals surface area contributed by atoms with Gasteiger partial charge >= 0.3 is 0 Å². The zero-order chi connectivity index (χ0) is 14.0. The van der Waals surface area contributed by atoms with Crippen molar-refractivity contribution in [3.63, 3.8) is 0 Å². The highest BCUT2D eigenvalue weighted by Gasteiger charge is 2.15. The van der Waals surface area contributed by atoms with E-state index in [9.17, 15) is 9.18 Å². The third-order valence-electron chi connectivity index (χ3n) is 2.38. The van der Waals surface area contributed by atoms with E-state index in [4.69, 9.17) is 11.6 Å². The van der Waals surface area contributed by atoms with Crippen molar-refractivity contribution >= 4 is 61.7 Å². The molecule has 0 fully saturated rings. The third kappa shape index (κ3) is 3.46. The molecule has 0 radical (unpaired) electrons. The molecule has 0 unspecified atom stereocenters. The molecule has 6 heteroatoms. The van der Waals surface area contributed by atoms with Crippen molar-refractivity contribution in [1.29, 1.82) is 0 Å². The number of hydrogen-bond donors (Lipinski definition) is 1. The first-order valence-electron chi connectivity index (χ1n) is 5.19. The van der Waals surface area contributed by atoms with Crippen LogP contribution in [0.5, 0.6) is 0 Å². The van der Waals surface area contributed by atoms with Crippen LogP contribution in [0, 0.1) is 9.39 Å². The summed E-state index contributed by atoms with van der Waals surface area (Å²) < 4.78 is 15.0. The molecule has 19 heavy (non-hydrogen) atoms. The van der Waals surface area contributed by atoms with Crippen LogP contribution in [0.4, 0.5) is 10.1 Å². The molecule has 0 spiro atoms. The molecule has 2 aromatic rings. The van der Waals surface area contributed by atoms with E-state index in [-0.39, 0.29) is 10.0 Å². The second-order valence-corrected chi connectivity index (χ2v) is 6.19. The lowest BCUT2D eigenvalue weighted by atomic mass is 10.2. The number of anilines is 1. The SMILES string of the molecule is O=C(Nc1ccc(I)cc1Cl)c1cccc(Br)c1F. The molecule has 2 nitrogen and oxygen atoms in total. The number of halogens is 4. The van der Waals surface area contributed by atoms with Gasteiger partial charge in [0.15, 0.2) is 0 Å². The summed E-state index contributed by atoms with van der Waals surface area (Å²) in [6, 6.07) is 9.74. The fraction of sp³-hybridized carbons (Fsp3) is 0. The van der Waals surface area contributed by atoms with E-state index in [1.807, 2.05) is 0 Å². The summed E-state index contributed by atoms with van der Waals surface area (Å²) in [6.07, 6.45) is 0. The summed E-state index contributed by atoms with van der Waals surface area (Å²) in [5.41, 5.74) is 0.412. The molecular weight excluding hydrogens is 447 g/mol. The van der Waals surface area contributed by atoms with E-state index in [1.165, 1.54) is 12.1 Å². The topological polar surface area (TPSA) is 29.1 Å². The molecule has 0 aliphatic heterocycles. The quantitative estimate of drug-likeness (QED) is 0.629. The normalized spacial score (nSPS) is 10.3. The molecule has 0 heterocycles. The van der Waals surface area contributed by atoms with Gasteiger partial charge in [-0.3, -0.25) is 4.79 Å². The summed E-state index contributed by atoms with van der Waals surface area (Å²) in [5, 5.41) is 3.00. The lowest BCUT2D eigenvalue weighted by molar-refractivity contribution is 0.102. The monoisotopic (exact) mass is 453 g/mol. The van der Waals surface area contributed by atoms with Gasteiger partial charge in [-0.05, 0) is 68.9 Å². The second-order valence-electron chi connectivity index (χ2n) is 3.68. The molecule has 0 saturated carbocycles. The van der Waals surface area contributed by atoms with Gasteiger partial charge in [-0.15, -0.1) is 0 Å². The first-order chi connectivity index (χ1) is 8.99. The average Bonchev–Trinajstić information content (AvgIpc) is 2.36. The Morgan fingerprint density at radius 1 is 1.32 bits per heavy atom. The summed E-state index contributed by atoms with van der Waals surface area (Å²) in [7, 11) is 0. The molecule has 0 saturated heterocycles. The van der Waals surface area contributed by atoms with Gasteiger partial charge in [0.2, 0.25) is 0 Å². The number of carbonyl (C=O) groups excluding carboxylic acids is 1. The van der Waals surface area contributed by atoms with Gasteiger partial charge in [0.25, 0.3) is 5.91 Å². The highest BCUT2D eigenvalue weighted by atomic mass is 127. The van der Waals surface area contributed by atoms with Crippen molar-refractivity contribution in [2.75, 3.05) is 5.32 Å². The van der Waals surface area contributed by atoms with Crippen LogP contribution >= 0.6 is 50.1 Å². The van der Waals surface area contributed by atoms with Gasteiger partial charge in [-0.2, -0.15) is 0 Å². The number of benzene rings is 2. The summed E-state index contributed by atoms with van der Waals surface area (Å²) >= 11 is 11.2. The number of hydrogen-bond acceptors (Lipinski definition) is 1. The van der Waals surface area contributed by atoms with E-state index in [2.05, 4.69) is 43.8 Å². The molecule has 0 aliphatic carbocycles. The van der Waals surface area contributed by atoms with Crippen molar-refractivity contribution in [3.05, 3.63) is 60.8 Å². The Morgan fingerprint density at radius 2 is 2.05 bits per heavy atom. The van der Waals surface area contributed by atoms with Crippen molar-refractivity contribution < 1.29 is 9.18 Å². The van der Waals surface area contributed by atoms with Gasteiger partial charge < -0.3 is 5.32 Å². The number of rotatable bonds is 2. The number of amides is 1. The molecule has 2 aromatic carbocycles. The standard InChI is InChI=1S/C13H7BrClFINO/c14-9-3-1-2-8(12(9)16)13(19)18-11-5-4-7(17)6-10(11)15/h1-6H,(H,18,19). The maximum Gasteiger partial charge on any atom is 0.258 e. The predicted molar refractivity (Wildman–Crippen MR) is 86.2 cm³/mol. The van der Waals surface area contributed by atoms with Crippen LogP contribution in [0.25, 0.3) is 0 Å². The van der Waals surface area contributed by atoms with E-state index in [0.717, 1.165) is 3.57 Å². The summed E-state index contributed by atoms with van der Waals surface area (Å²) in [5.74, 6) is -1.14. The molecule has 0 aliphatic rings. The summed E-state index contributed by atoms with van der Waals surface area (Å²) in [4.78, 5) is 12.0. The van der Waals surface area contributed by atoms with E-state index >= 15 is 0 Å². The van der Waals surface area contributed by atoms with Crippen LogP contribution in [0.1, 0.15) is 10.4 Å². The smallest absolute Gasteiger partial charge is 0.258 e. The Labute approximate surface area is 136 Å². The van der Waals surface area contributed by atoms with Crippen molar-refractivity contribution in [2.24, 2.45) is 0 Å². The van der Waals surface area contributed by atoms with Crippen LogP contribution in [-0.4, -0.2) is 5.91 Å². The van der Waals surface area contributed by atoms with Crippen molar-refractivity contribution in [1.82, 2.24) is 0 Å². The van der Waals surface area contributed by atoms with Gasteiger partial charge in [0.1, 0.15) is 5.82 Å². The van der Waals surface area contributed by atoms with Gasteiger partial charge in [0, 0.05) is 3.57 Å². The zero-order valence-corrected chi connectivity index (χ0v) is 13.9. The molecule has 1 amide bonds. The fourth-order valence-electron chi connectivity index (χ4n) is 1.46. The minimum absolute atomic E-state index is 0.0380. The molecule has 1 N–H and O–H groups in total. The molecule has 98 valence electrons. The molecule has 0 aromatic heterocycles. The summed E-state index contributed by atoms with van der Waals surface area (Å²) in [6.45, 7) is 0. The highest BCUT2D eigenvalue weighted by Crippen LogP contribution is 2.25. The maximum absolute atomic E-state index is 13.8. The lowest BCUT2D eigenvalue weighted by Gasteiger charge is -2.08. The predicted octanol–water partition coefficient (Wildman–Crippen LogP) is 5.10.